The van der Waals surface area contributed by atoms with Crippen LogP contribution in [0.4, 0.5) is 8.78 Å². The molecule has 1 aliphatic rings. The summed E-state index contributed by atoms with van der Waals surface area (Å²) in [6, 6.07) is 0.353. The van der Waals surface area contributed by atoms with Crippen LogP contribution in [0.1, 0.15) is 25.7 Å². The van der Waals surface area contributed by atoms with E-state index in [-0.39, 0.29) is 5.92 Å². The van der Waals surface area contributed by atoms with Crippen LogP contribution in [-0.4, -0.2) is 19.0 Å². The summed E-state index contributed by atoms with van der Waals surface area (Å²) >= 11 is 0. The summed E-state index contributed by atoms with van der Waals surface area (Å²) in [7, 11) is 0. The minimum atomic E-state index is -2.14. The highest BCUT2D eigenvalue weighted by Gasteiger charge is 2.26. The maximum Gasteiger partial charge on any atom is 0.241 e. The second kappa shape index (κ2) is 5.18. The molecule has 1 rings (SSSR count). The molecule has 0 radical (unpaired) electrons. The topological polar surface area (TPSA) is 12.0 Å². The standard InChI is InChI=1S/C10H15F2N/c1-2-7-13-9-5-3-8(4-6-9)10(11)12/h1,8-10,13H,3-7H2. The minimum absolute atomic E-state index is 0.353. The molecule has 13 heavy (non-hydrogen) atoms. The number of halogens is 2. The number of hydrogen-bond acceptors (Lipinski definition) is 1. The summed E-state index contributed by atoms with van der Waals surface area (Å²) < 4.78 is 24.5. The van der Waals surface area contributed by atoms with E-state index in [1.165, 1.54) is 0 Å². The maximum absolute atomic E-state index is 12.2. The lowest BCUT2D eigenvalue weighted by atomic mass is 9.86. The second-order valence-electron chi connectivity index (χ2n) is 3.53. The molecular weight excluding hydrogens is 172 g/mol. The number of terminal acetylenes is 1. The van der Waals surface area contributed by atoms with Gasteiger partial charge in [0.25, 0.3) is 0 Å². The van der Waals surface area contributed by atoms with E-state index in [9.17, 15) is 8.78 Å². The van der Waals surface area contributed by atoms with Crippen molar-refractivity contribution >= 4 is 0 Å². The molecule has 0 amide bonds. The van der Waals surface area contributed by atoms with Crippen LogP contribution in [0, 0.1) is 18.3 Å². The van der Waals surface area contributed by atoms with Crippen LogP contribution in [0.25, 0.3) is 0 Å². The zero-order valence-corrected chi connectivity index (χ0v) is 7.60. The van der Waals surface area contributed by atoms with Gasteiger partial charge in [-0.05, 0) is 25.7 Å². The van der Waals surface area contributed by atoms with Crippen LogP contribution < -0.4 is 5.32 Å². The zero-order valence-electron chi connectivity index (χ0n) is 7.60. The Morgan fingerprint density at radius 3 is 2.38 bits per heavy atom. The van der Waals surface area contributed by atoms with Gasteiger partial charge in [0, 0.05) is 12.0 Å². The van der Waals surface area contributed by atoms with Crippen molar-refractivity contribution in [2.45, 2.75) is 38.2 Å². The lowest BCUT2D eigenvalue weighted by Gasteiger charge is -2.28. The highest BCUT2D eigenvalue weighted by atomic mass is 19.3. The minimum Gasteiger partial charge on any atom is -0.303 e. The van der Waals surface area contributed by atoms with E-state index in [1.54, 1.807) is 0 Å². The molecule has 1 saturated carbocycles. The molecular formula is C10H15F2N. The van der Waals surface area contributed by atoms with E-state index in [0.29, 0.717) is 25.4 Å². The Morgan fingerprint density at radius 1 is 1.31 bits per heavy atom. The van der Waals surface area contributed by atoms with Gasteiger partial charge in [-0.2, -0.15) is 0 Å². The molecule has 0 spiro atoms. The molecule has 0 heterocycles. The van der Waals surface area contributed by atoms with Gasteiger partial charge in [0.15, 0.2) is 0 Å². The second-order valence-corrected chi connectivity index (χ2v) is 3.53. The van der Waals surface area contributed by atoms with Gasteiger partial charge < -0.3 is 5.32 Å². The van der Waals surface area contributed by atoms with Crippen molar-refractivity contribution < 1.29 is 8.78 Å². The van der Waals surface area contributed by atoms with E-state index in [4.69, 9.17) is 6.42 Å². The third-order valence-corrected chi connectivity index (χ3v) is 2.62. The van der Waals surface area contributed by atoms with E-state index in [1.807, 2.05) is 0 Å². The highest BCUT2D eigenvalue weighted by molar-refractivity contribution is 4.89. The number of nitrogens with one attached hydrogen (secondary N) is 1. The lowest BCUT2D eigenvalue weighted by molar-refractivity contribution is 0.0510. The molecule has 0 atom stereocenters. The quantitative estimate of drug-likeness (QED) is 0.667. The lowest BCUT2D eigenvalue weighted by Crippen LogP contribution is -2.34. The third kappa shape index (κ3) is 3.31. The van der Waals surface area contributed by atoms with Gasteiger partial charge >= 0.3 is 0 Å². The number of hydrogen-bond donors (Lipinski definition) is 1. The predicted molar refractivity (Wildman–Crippen MR) is 48.6 cm³/mol. The van der Waals surface area contributed by atoms with Gasteiger partial charge in [-0.3, -0.25) is 0 Å². The molecule has 3 heteroatoms. The highest BCUT2D eigenvalue weighted by Crippen LogP contribution is 2.28. The molecule has 1 N–H and O–H groups in total. The van der Waals surface area contributed by atoms with Crippen molar-refractivity contribution in [1.29, 1.82) is 0 Å². The van der Waals surface area contributed by atoms with Crippen molar-refractivity contribution in [1.82, 2.24) is 5.32 Å². The van der Waals surface area contributed by atoms with Gasteiger partial charge in [-0.1, -0.05) is 5.92 Å². The Labute approximate surface area is 77.9 Å². The van der Waals surface area contributed by atoms with Gasteiger partial charge in [0.05, 0.1) is 6.54 Å². The monoisotopic (exact) mass is 187 g/mol. The molecule has 0 saturated heterocycles. The van der Waals surface area contributed by atoms with Crippen molar-refractivity contribution in [3.05, 3.63) is 0 Å². The summed E-state index contributed by atoms with van der Waals surface area (Å²) in [5.74, 6) is 2.10. The van der Waals surface area contributed by atoms with Crippen LogP contribution in [0.3, 0.4) is 0 Å². The molecule has 0 bridgehead atoms. The molecule has 0 aromatic rings. The van der Waals surface area contributed by atoms with Gasteiger partial charge in [0.2, 0.25) is 6.43 Å². The first kappa shape index (κ1) is 10.5. The smallest absolute Gasteiger partial charge is 0.241 e. The average molecular weight is 187 g/mol. The molecule has 0 aromatic carbocycles. The SMILES string of the molecule is C#CCNC1CCC(C(F)F)CC1. The van der Waals surface area contributed by atoms with Crippen LogP contribution >= 0.6 is 0 Å². The predicted octanol–water partition coefficient (Wildman–Crippen LogP) is 2.03. The largest absolute Gasteiger partial charge is 0.303 e. The average Bonchev–Trinajstić information content (AvgIpc) is 2.15. The first-order chi connectivity index (χ1) is 6.24. The molecule has 0 aromatic heterocycles. The summed E-state index contributed by atoms with van der Waals surface area (Å²) in [4.78, 5) is 0. The van der Waals surface area contributed by atoms with E-state index in [2.05, 4.69) is 11.2 Å². The Balaban J connectivity index is 2.19. The first-order valence-corrected chi connectivity index (χ1v) is 4.69. The fraction of sp³-hybridized carbons (Fsp3) is 0.800. The van der Waals surface area contributed by atoms with E-state index in [0.717, 1.165) is 12.8 Å². The van der Waals surface area contributed by atoms with Crippen molar-refractivity contribution in [3.63, 3.8) is 0 Å². The van der Waals surface area contributed by atoms with Gasteiger partial charge in [-0.15, -0.1) is 6.42 Å². The maximum atomic E-state index is 12.2. The molecule has 1 fully saturated rings. The fourth-order valence-corrected chi connectivity index (χ4v) is 1.78. The molecule has 1 aliphatic carbocycles. The molecule has 0 aliphatic heterocycles. The Hall–Kier alpha value is -0.620. The summed E-state index contributed by atoms with van der Waals surface area (Å²) in [6.45, 7) is 0.546. The van der Waals surface area contributed by atoms with Crippen molar-refractivity contribution in [2.75, 3.05) is 6.54 Å². The van der Waals surface area contributed by atoms with Gasteiger partial charge in [0.1, 0.15) is 0 Å². The summed E-state index contributed by atoms with van der Waals surface area (Å²) in [5.41, 5.74) is 0. The van der Waals surface area contributed by atoms with Crippen molar-refractivity contribution in [2.24, 2.45) is 5.92 Å². The third-order valence-electron chi connectivity index (χ3n) is 2.62. The van der Waals surface area contributed by atoms with Gasteiger partial charge in [-0.25, -0.2) is 8.78 Å². The van der Waals surface area contributed by atoms with E-state index < -0.39 is 6.43 Å². The Morgan fingerprint density at radius 2 is 1.92 bits per heavy atom. The van der Waals surface area contributed by atoms with Crippen molar-refractivity contribution in [3.8, 4) is 12.3 Å². The van der Waals surface area contributed by atoms with Crippen LogP contribution in [0.5, 0.6) is 0 Å². The van der Waals surface area contributed by atoms with E-state index >= 15 is 0 Å². The molecule has 74 valence electrons. The van der Waals surface area contributed by atoms with Crippen LogP contribution in [0.15, 0.2) is 0 Å². The summed E-state index contributed by atoms with van der Waals surface area (Å²) in [5, 5.41) is 3.15. The zero-order chi connectivity index (χ0) is 9.68. The number of alkyl halides is 2. The summed E-state index contributed by atoms with van der Waals surface area (Å²) in [6.07, 6.45) is 5.85. The number of rotatable bonds is 3. The normalized spacial score (nSPS) is 28.8. The van der Waals surface area contributed by atoms with Crippen LogP contribution in [-0.2, 0) is 0 Å². The first-order valence-electron chi connectivity index (χ1n) is 4.69. The van der Waals surface area contributed by atoms with Crippen LogP contribution in [0.2, 0.25) is 0 Å². The molecule has 0 unspecified atom stereocenters. The Kier molecular flexibility index (Phi) is 4.17. The Bertz CT molecular complexity index is 178. The molecule has 1 nitrogen and oxygen atoms in total. The fourth-order valence-electron chi connectivity index (χ4n) is 1.78.